The zero-order valence-electron chi connectivity index (χ0n) is 10.7. The molecule has 0 atom stereocenters. The number of hydrogen-bond donors (Lipinski definition) is 1. The van der Waals surface area contributed by atoms with Crippen LogP contribution in [0.4, 0.5) is 5.82 Å². The fraction of sp³-hybridized carbons (Fsp3) is 0.286. The Bertz CT molecular complexity index is 528. The average molecular weight is 243 g/mol. The van der Waals surface area contributed by atoms with Gasteiger partial charge in [0, 0.05) is 12.7 Å². The number of pyridine rings is 2. The second-order valence-electron chi connectivity index (χ2n) is 4.27. The number of aliphatic hydroxyl groups excluding tert-OH is 1. The molecule has 0 radical (unpaired) electrons. The van der Waals surface area contributed by atoms with Crippen molar-refractivity contribution in [3.63, 3.8) is 0 Å². The molecule has 18 heavy (non-hydrogen) atoms. The van der Waals surface area contributed by atoms with Gasteiger partial charge in [0.2, 0.25) is 0 Å². The van der Waals surface area contributed by atoms with Crippen LogP contribution in [0.1, 0.15) is 17.1 Å². The first-order valence-electron chi connectivity index (χ1n) is 5.89. The molecule has 2 rings (SSSR count). The fourth-order valence-corrected chi connectivity index (χ4v) is 1.78. The van der Waals surface area contributed by atoms with Crippen LogP contribution in [0.15, 0.2) is 36.4 Å². The number of aliphatic hydroxyl groups is 1. The van der Waals surface area contributed by atoms with Gasteiger partial charge in [-0.1, -0.05) is 12.1 Å². The molecule has 94 valence electrons. The van der Waals surface area contributed by atoms with E-state index in [0.717, 1.165) is 17.2 Å². The summed E-state index contributed by atoms with van der Waals surface area (Å²) in [6, 6.07) is 11.6. The molecular weight excluding hydrogens is 226 g/mol. The quantitative estimate of drug-likeness (QED) is 0.891. The van der Waals surface area contributed by atoms with E-state index in [2.05, 4.69) is 9.97 Å². The number of aromatic nitrogens is 2. The van der Waals surface area contributed by atoms with Crippen molar-refractivity contribution >= 4 is 5.82 Å². The molecule has 2 heterocycles. The molecular formula is C14H17N3O. The minimum atomic E-state index is -0.0373. The lowest BCUT2D eigenvalue weighted by Crippen LogP contribution is -2.19. The topological polar surface area (TPSA) is 49.2 Å². The second kappa shape index (κ2) is 5.60. The van der Waals surface area contributed by atoms with Crippen molar-refractivity contribution in [3.8, 4) is 0 Å². The molecule has 0 unspecified atom stereocenters. The number of aryl methyl sites for hydroxylation is 1. The Hall–Kier alpha value is -1.94. The highest BCUT2D eigenvalue weighted by atomic mass is 16.3. The third kappa shape index (κ3) is 3.05. The number of anilines is 1. The van der Waals surface area contributed by atoms with Gasteiger partial charge in [-0.2, -0.15) is 0 Å². The Kier molecular flexibility index (Phi) is 3.89. The fourth-order valence-electron chi connectivity index (χ4n) is 1.78. The van der Waals surface area contributed by atoms with E-state index in [0.29, 0.717) is 12.2 Å². The molecule has 0 bridgehead atoms. The van der Waals surface area contributed by atoms with Crippen LogP contribution in [0.2, 0.25) is 0 Å². The summed E-state index contributed by atoms with van der Waals surface area (Å²) in [6.45, 7) is 2.64. The summed E-state index contributed by atoms with van der Waals surface area (Å²) in [5.74, 6) is 0.838. The molecule has 0 aliphatic carbocycles. The van der Waals surface area contributed by atoms with Crippen LogP contribution >= 0.6 is 0 Å². The van der Waals surface area contributed by atoms with Crippen LogP contribution in [0.3, 0.4) is 0 Å². The van der Waals surface area contributed by atoms with E-state index >= 15 is 0 Å². The summed E-state index contributed by atoms with van der Waals surface area (Å²) >= 11 is 0. The maximum Gasteiger partial charge on any atom is 0.128 e. The van der Waals surface area contributed by atoms with E-state index in [1.165, 1.54) is 0 Å². The van der Waals surface area contributed by atoms with Gasteiger partial charge in [-0.05, 0) is 31.2 Å². The SMILES string of the molecule is Cc1cccc(CN(C)c2cccc(CO)n2)n1. The van der Waals surface area contributed by atoms with Gasteiger partial charge < -0.3 is 10.0 Å². The van der Waals surface area contributed by atoms with E-state index in [9.17, 15) is 0 Å². The van der Waals surface area contributed by atoms with Gasteiger partial charge in [-0.3, -0.25) is 4.98 Å². The summed E-state index contributed by atoms with van der Waals surface area (Å²) < 4.78 is 0. The Morgan fingerprint density at radius 1 is 1.06 bits per heavy atom. The van der Waals surface area contributed by atoms with E-state index in [1.807, 2.05) is 55.3 Å². The van der Waals surface area contributed by atoms with Gasteiger partial charge in [0.05, 0.1) is 24.5 Å². The molecule has 0 aliphatic rings. The van der Waals surface area contributed by atoms with Crippen LogP contribution in [0.25, 0.3) is 0 Å². The third-order valence-corrected chi connectivity index (χ3v) is 2.69. The first-order valence-corrected chi connectivity index (χ1v) is 5.89. The summed E-state index contributed by atoms with van der Waals surface area (Å²) in [4.78, 5) is 10.8. The number of hydrogen-bond acceptors (Lipinski definition) is 4. The highest BCUT2D eigenvalue weighted by molar-refractivity contribution is 5.38. The van der Waals surface area contributed by atoms with Crippen LogP contribution < -0.4 is 4.90 Å². The Morgan fingerprint density at radius 2 is 1.78 bits per heavy atom. The lowest BCUT2D eigenvalue weighted by molar-refractivity contribution is 0.277. The van der Waals surface area contributed by atoms with Crippen molar-refractivity contribution in [2.45, 2.75) is 20.1 Å². The predicted octanol–water partition coefficient (Wildman–Crippen LogP) is 1.91. The van der Waals surface area contributed by atoms with Gasteiger partial charge in [0.25, 0.3) is 0 Å². The van der Waals surface area contributed by atoms with Crippen molar-refractivity contribution in [1.82, 2.24) is 9.97 Å². The average Bonchev–Trinajstić information content (AvgIpc) is 2.39. The summed E-state index contributed by atoms with van der Waals surface area (Å²) in [5, 5.41) is 9.08. The third-order valence-electron chi connectivity index (χ3n) is 2.69. The summed E-state index contributed by atoms with van der Waals surface area (Å²) in [5.41, 5.74) is 2.70. The Morgan fingerprint density at radius 3 is 2.50 bits per heavy atom. The van der Waals surface area contributed by atoms with Gasteiger partial charge in [-0.15, -0.1) is 0 Å². The van der Waals surface area contributed by atoms with E-state index in [-0.39, 0.29) is 6.61 Å². The van der Waals surface area contributed by atoms with Crippen LogP contribution in [0.5, 0.6) is 0 Å². The maximum atomic E-state index is 9.08. The lowest BCUT2D eigenvalue weighted by atomic mass is 10.3. The van der Waals surface area contributed by atoms with Gasteiger partial charge in [-0.25, -0.2) is 4.98 Å². The van der Waals surface area contributed by atoms with Crippen molar-refractivity contribution in [2.75, 3.05) is 11.9 Å². The van der Waals surface area contributed by atoms with Crippen LogP contribution in [-0.2, 0) is 13.2 Å². The largest absolute Gasteiger partial charge is 0.390 e. The molecule has 2 aromatic rings. The summed E-state index contributed by atoms with van der Waals surface area (Å²) in [7, 11) is 1.97. The standard InChI is InChI=1S/C14H17N3O/c1-11-5-3-6-12(15-11)9-17(2)14-8-4-7-13(10-18)16-14/h3-8,18H,9-10H2,1-2H3. The van der Waals surface area contributed by atoms with Gasteiger partial charge in [0.1, 0.15) is 5.82 Å². The van der Waals surface area contributed by atoms with E-state index in [1.54, 1.807) is 0 Å². The van der Waals surface area contributed by atoms with Crippen molar-refractivity contribution < 1.29 is 5.11 Å². The molecule has 0 fully saturated rings. The Labute approximate surface area is 107 Å². The molecule has 4 heteroatoms. The molecule has 4 nitrogen and oxygen atoms in total. The second-order valence-corrected chi connectivity index (χ2v) is 4.27. The molecule has 0 saturated heterocycles. The first-order chi connectivity index (χ1) is 8.69. The molecule has 0 saturated carbocycles. The van der Waals surface area contributed by atoms with Crippen molar-refractivity contribution in [3.05, 3.63) is 53.5 Å². The molecule has 0 amide bonds. The summed E-state index contributed by atoms with van der Waals surface area (Å²) in [6.07, 6.45) is 0. The minimum Gasteiger partial charge on any atom is -0.390 e. The zero-order valence-corrected chi connectivity index (χ0v) is 10.7. The van der Waals surface area contributed by atoms with Crippen LogP contribution in [-0.4, -0.2) is 22.1 Å². The highest BCUT2D eigenvalue weighted by Crippen LogP contribution is 2.12. The van der Waals surface area contributed by atoms with E-state index in [4.69, 9.17) is 5.11 Å². The van der Waals surface area contributed by atoms with Gasteiger partial charge in [0.15, 0.2) is 0 Å². The smallest absolute Gasteiger partial charge is 0.128 e. The van der Waals surface area contributed by atoms with Crippen molar-refractivity contribution in [1.29, 1.82) is 0 Å². The lowest BCUT2D eigenvalue weighted by Gasteiger charge is -2.18. The normalized spacial score (nSPS) is 10.4. The monoisotopic (exact) mass is 243 g/mol. The van der Waals surface area contributed by atoms with Gasteiger partial charge >= 0.3 is 0 Å². The molecule has 0 spiro atoms. The molecule has 1 N–H and O–H groups in total. The van der Waals surface area contributed by atoms with Crippen molar-refractivity contribution in [2.24, 2.45) is 0 Å². The molecule has 2 aromatic heterocycles. The number of rotatable bonds is 4. The minimum absolute atomic E-state index is 0.0373. The highest BCUT2D eigenvalue weighted by Gasteiger charge is 2.05. The maximum absolute atomic E-state index is 9.08. The first kappa shape index (κ1) is 12.5. The molecule has 0 aromatic carbocycles. The zero-order chi connectivity index (χ0) is 13.0. The van der Waals surface area contributed by atoms with Crippen LogP contribution in [0, 0.1) is 6.92 Å². The Balaban J connectivity index is 2.13. The predicted molar refractivity (Wildman–Crippen MR) is 71.2 cm³/mol. The number of nitrogens with zero attached hydrogens (tertiary/aromatic N) is 3. The van der Waals surface area contributed by atoms with E-state index < -0.39 is 0 Å². The molecule has 0 aliphatic heterocycles.